The molecule has 1 aliphatic rings. The van der Waals surface area contributed by atoms with E-state index in [0.717, 1.165) is 32.5 Å². The van der Waals surface area contributed by atoms with Crippen molar-refractivity contribution in [2.75, 3.05) is 32.8 Å². The molecule has 0 aromatic rings. The lowest BCUT2D eigenvalue weighted by molar-refractivity contribution is -0.128. The molecule has 21 heavy (non-hydrogen) atoms. The van der Waals surface area contributed by atoms with Crippen molar-refractivity contribution in [3.8, 4) is 0 Å². The van der Waals surface area contributed by atoms with Crippen LogP contribution in [-0.2, 0) is 9.53 Å². The molecule has 1 fully saturated rings. The normalized spacial score (nSPS) is 16.3. The van der Waals surface area contributed by atoms with Gasteiger partial charge in [-0.2, -0.15) is 0 Å². The first kappa shape index (κ1) is 20.6. The van der Waals surface area contributed by atoms with Gasteiger partial charge < -0.3 is 15.4 Å². The first-order valence-electron chi connectivity index (χ1n) is 7.85. The average molecular weight is 322 g/mol. The predicted molar refractivity (Wildman–Crippen MR) is 89.1 cm³/mol. The van der Waals surface area contributed by atoms with Gasteiger partial charge in [0.15, 0.2) is 0 Å². The topological polar surface area (TPSA) is 53.6 Å². The van der Waals surface area contributed by atoms with E-state index in [-0.39, 0.29) is 31.0 Å². The van der Waals surface area contributed by atoms with Crippen LogP contribution in [0.1, 0.15) is 40.5 Å². The second kappa shape index (κ2) is 11.2. The molecule has 0 atom stereocenters. The van der Waals surface area contributed by atoms with Crippen molar-refractivity contribution < 1.29 is 9.53 Å². The number of piperidine rings is 1. The van der Waals surface area contributed by atoms with Crippen LogP contribution in [0.15, 0.2) is 0 Å². The SMILES string of the molecule is CC(C)N(CCNC(=O)COC1CCNCC1)C(C)C.Cl. The highest BCUT2D eigenvalue weighted by Gasteiger charge is 2.15. The Morgan fingerprint density at radius 1 is 1.24 bits per heavy atom. The molecule has 5 nitrogen and oxygen atoms in total. The number of amides is 1. The summed E-state index contributed by atoms with van der Waals surface area (Å²) in [6.07, 6.45) is 2.24. The molecule has 1 amide bonds. The summed E-state index contributed by atoms with van der Waals surface area (Å²) in [5.74, 6) is -0.00371. The minimum absolute atomic E-state index is 0. The molecule has 6 heteroatoms. The van der Waals surface area contributed by atoms with E-state index in [1.165, 1.54) is 0 Å². The molecular formula is C15H32ClN3O2. The fourth-order valence-corrected chi connectivity index (χ4v) is 2.64. The second-order valence-corrected chi connectivity index (χ2v) is 6.04. The molecule has 0 aromatic carbocycles. The molecule has 1 heterocycles. The van der Waals surface area contributed by atoms with Gasteiger partial charge in [0.1, 0.15) is 6.61 Å². The number of ether oxygens (including phenoxy) is 1. The summed E-state index contributed by atoms with van der Waals surface area (Å²) in [6.45, 7) is 12.5. The number of carbonyl (C=O) groups is 1. The largest absolute Gasteiger partial charge is 0.368 e. The highest BCUT2D eigenvalue weighted by molar-refractivity contribution is 5.85. The van der Waals surface area contributed by atoms with Crippen molar-refractivity contribution in [1.29, 1.82) is 0 Å². The Balaban J connectivity index is 0.00000400. The van der Waals surface area contributed by atoms with Crippen molar-refractivity contribution >= 4 is 18.3 Å². The number of nitrogens with zero attached hydrogens (tertiary/aromatic N) is 1. The summed E-state index contributed by atoms with van der Waals surface area (Å²) < 4.78 is 5.63. The molecule has 0 aliphatic carbocycles. The lowest BCUT2D eigenvalue weighted by Crippen LogP contribution is -2.43. The van der Waals surface area contributed by atoms with Crippen LogP contribution >= 0.6 is 12.4 Å². The quantitative estimate of drug-likeness (QED) is 0.710. The van der Waals surface area contributed by atoms with Crippen molar-refractivity contribution in [2.45, 2.75) is 58.7 Å². The number of nitrogens with one attached hydrogen (secondary N) is 2. The number of rotatable bonds is 8. The van der Waals surface area contributed by atoms with Crippen LogP contribution in [-0.4, -0.2) is 61.8 Å². The van der Waals surface area contributed by atoms with Crippen LogP contribution in [0.25, 0.3) is 0 Å². The average Bonchev–Trinajstić information content (AvgIpc) is 2.41. The van der Waals surface area contributed by atoms with Gasteiger partial charge in [-0.15, -0.1) is 12.4 Å². The number of halogens is 1. The molecule has 2 N–H and O–H groups in total. The van der Waals surface area contributed by atoms with Gasteiger partial charge in [-0.25, -0.2) is 0 Å². The molecular weight excluding hydrogens is 290 g/mol. The summed E-state index contributed by atoms with van der Waals surface area (Å²) in [5, 5.41) is 6.23. The van der Waals surface area contributed by atoms with Gasteiger partial charge in [-0.1, -0.05) is 0 Å². The molecule has 0 aromatic heterocycles. The Kier molecular flexibility index (Phi) is 11.0. The van der Waals surface area contributed by atoms with E-state index in [1.807, 2.05) is 0 Å². The minimum Gasteiger partial charge on any atom is -0.368 e. The zero-order valence-corrected chi connectivity index (χ0v) is 14.7. The maximum absolute atomic E-state index is 11.7. The summed E-state index contributed by atoms with van der Waals surface area (Å²) >= 11 is 0. The maximum Gasteiger partial charge on any atom is 0.246 e. The zero-order valence-electron chi connectivity index (χ0n) is 13.9. The number of hydrogen-bond donors (Lipinski definition) is 2. The Morgan fingerprint density at radius 2 is 1.81 bits per heavy atom. The fraction of sp³-hybridized carbons (Fsp3) is 0.933. The summed E-state index contributed by atoms with van der Waals surface area (Å²) in [5.41, 5.74) is 0. The van der Waals surface area contributed by atoms with Gasteiger partial charge in [0, 0.05) is 25.2 Å². The van der Waals surface area contributed by atoms with Crippen LogP contribution in [0, 0.1) is 0 Å². The van der Waals surface area contributed by atoms with Gasteiger partial charge in [-0.05, 0) is 53.6 Å². The van der Waals surface area contributed by atoms with E-state index in [4.69, 9.17) is 4.74 Å². The summed E-state index contributed by atoms with van der Waals surface area (Å²) in [4.78, 5) is 14.1. The van der Waals surface area contributed by atoms with Crippen molar-refractivity contribution in [3.63, 3.8) is 0 Å². The number of carbonyl (C=O) groups excluding carboxylic acids is 1. The fourth-order valence-electron chi connectivity index (χ4n) is 2.64. The third-order valence-electron chi connectivity index (χ3n) is 3.76. The van der Waals surface area contributed by atoms with Gasteiger partial charge >= 0.3 is 0 Å². The first-order chi connectivity index (χ1) is 9.50. The van der Waals surface area contributed by atoms with Crippen LogP contribution in [0.4, 0.5) is 0 Å². The molecule has 0 spiro atoms. The van der Waals surface area contributed by atoms with E-state index in [0.29, 0.717) is 18.6 Å². The Bertz CT molecular complexity index is 274. The van der Waals surface area contributed by atoms with Crippen molar-refractivity contribution in [2.24, 2.45) is 0 Å². The Hall–Kier alpha value is -0.360. The monoisotopic (exact) mass is 321 g/mol. The molecule has 1 saturated heterocycles. The second-order valence-electron chi connectivity index (χ2n) is 6.04. The first-order valence-corrected chi connectivity index (χ1v) is 7.85. The molecule has 1 aliphatic heterocycles. The van der Waals surface area contributed by atoms with Gasteiger partial charge in [0.2, 0.25) is 5.91 Å². The van der Waals surface area contributed by atoms with Gasteiger partial charge in [-0.3, -0.25) is 9.69 Å². The third kappa shape index (κ3) is 8.61. The van der Waals surface area contributed by atoms with E-state index in [9.17, 15) is 4.79 Å². The standard InChI is InChI=1S/C15H31N3O2.ClH/c1-12(2)18(13(3)4)10-9-17-15(19)11-20-14-5-7-16-8-6-14;/h12-14,16H,5-11H2,1-4H3,(H,17,19);1H. The van der Waals surface area contributed by atoms with Crippen molar-refractivity contribution in [1.82, 2.24) is 15.5 Å². The van der Waals surface area contributed by atoms with E-state index in [2.05, 4.69) is 43.2 Å². The summed E-state index contributed by atoms with van der Waals surface area (Å²) in [7, 11) is 0. The highest BCUT2D eigenvalue weighted by Crippen LogP contribution is 2.06. The third-order valence-corrected chi connectivity index (χ3v) is 3.76. The van der Waals surface area contributed by atoms with Gasteiger partial charge in [0.25, 0.3) is 0 Å². The highest BCUT2D eigenvalue weighted by atomic mass is 35.5. The van der Waals surface area contributed by atoms with Crippen LogP contribution in [0.2, 0.25) is 0 Å². The lowest BCUT2D eigenvalue weighted by Gasteiger charge is -2.30. The molecule has 0 saturated carbocycles. The maximum atomic E-state index is 11.7. The molecule has 0 unspecified atom stereocenters. The lowest BCUT2D eigenvalue weighted by atomic mass is 10.1. The minimum atomic E-state index is -0.00371. The van der Waals surface area contributed by atoms with Gasteiger partial charge in [0.05, 0.1) is 6.10 Å². The Labute approximate surface area is 135 Å². The molecule has 0 radical (unpaired) electrons. The molecule has 1 rings (SSSR count). The van der Waals surface area contributed by atoms with Crippen molar-refractivity contribution in [3.05, 3.63) is 0 Å². The van der Waals surface area contributed by atoms with Crippen LogP contribution in [0.3, 0.4) is 0 Å². The smallest absolute Gasteiger partial charge is 0.246 e. The van der Waals surface area contributed by atoms with E-state index < -0.39 is 0 Å². The zero-order chi connectivity index (χ0) is 15.0. The predicted octanol–water partition coefficient (Wildman–Crippen LogP) is 1.41. The Morgan fingerprint density at radius 3 is 2.33 bits per heavy atom. The van der Waals surface area contributed by atoms with Crippen LogP contribution < -0.4 is 10.6 Å². The molecule has 126 valence electrons. The van der Waals surface area contributed by atoms with E-state index in [1.54, 1.807) is 0 Å². The number of hydrogen-bond acceptors (Lipinski definition) is 4. The van der Waals surface area contributed by atoms with E-state index >= 15 is 0 Å². The van der Waals surface area contributed by atoms with Crippen LogP contribution in [0.5, 0.6) is 0 Å². The molecule has 0 bridgehead atoms. The summed E-state index contributed by atoms with van der Waals surface area (Å²) in [6, 6.07) is 0.996.